The molecule has 3 aromatic rings. The quantitative estimate of drug-likeness (QED) is 0.504. The minimum Gasteiger partial charge on any atom is -0.336 e. The molecule has 150 valence electrons. The lowest BCUT2D eigenvalue weighted by Crippen LogP contribution is -2.31. The Balaban J connectivity index is 1.68. The molecule has 5 nitrogen and oxygen atoms in total. The maximum atomic E-state index is 12.8. The molecule has 0 spiro atoms. The molecule has 7 heteroatoms. The molecule has 28 heavy (non-hydrogen) atoms. The number of benzene rings is 1. The van der Waals surface area contributed by atoms with Crippen molar-refractivity contribution in [3.63, 3.8) is 0 Å². The number of aromatic nitrogens is 3. The molecular formula is C21H28N4OS2. The second-order valence-corrected chi connectivity index (χ2v) is 9.56. The molecule has 0 saturated heterocycles. The van der Waals surface area contributed by atoms with Gasteiger partial charge in [-0.3, -0.25) is 4.79 Å². The van der Waals surface area contributed by atoms with E-state index < -0.39 is 0 Å². The zero-order chi connectivity index (χ0) is 20.4. The number of thiazole rings is 1. The standard InChI is InChI=1S/C21H28N4OS2/c1-13(2)11-25-15(4)14(3)22-21(25)27-12-19(26)24(6)16(5)20-23-17-9-7-8-10-18(17)28-20/h7-10,13,16H,11-12H2,1-6H3. The molecule has 0 saturated carbocycles. The Labute approximate surface area is 175 Å². The van der Waals surface area contributed by atoms with Crippen molar-refractivity contribution in [2.24, 2.45) is 5.92 Å². The van der Waals surface area contributed by atoms with E-state index in [0.29, 0.717) is 11.7 Å². The minimum atomic E-state index is -0.0515. The van der Waals surface area contributed by atoms with Gasteiger partial charge in [0.2, 0.25) is 5.91 Å². The van der Waals surface area contributed by atoms with Crippen LogP contribution in [-0.4, -0.2) is 38.1 Å². The molecule has 3 rings (SSSR count). The Kier molecular flexibility index (Phi) is 6.45. The van der Waals surface area contributed by atoms with Gasteiger partial charge >= 0.3 is 0 Å². The van der Waals surface area contributed by atoms with Gasteiger partial charge in [0.15, 0.2) is 5.16 Å². The van der Waals surface area contributed by atoms with Crippen LogP contribution in [0.5, 0.6) is 0 Å². The second-order valence-electron chi connectivity index (χ2n) is 7.56. The van der Waals surface area contributed by atoms with Gasteiger partial charge in [-0.2, -0.15) is 0 Å². The third-order valence-electron chi connectivity index (χ3n) is 4.94. The first-order chi connectivity index (χ1) is 13.3. The summed E-state index contributed by atoms with van der Waals surface area (Å²) >= 11 is 3.17. The highest BCUT2D eigenvalue weighted by molar-refractivity contribution is 7.99. The lowest BCUT2D eigenvalue weighted by Gasteiger charge is -2.23. The largest absolute Gasteiger partial charge is 0.336 e. The van der Waals surface area contributed by atoms with Crippen LogP contribution in [0.15, 0.2) is 29.4 Å². The van der Waals surface area contributed by atoms with E-state index >= 15 is 0 Å². The molecule has 1 amide bonds. The molecule has 0 aliphatic heterocycles. The third-order valence-corrected chi connectivity index (χ3v) is 7.11. The molecule has 0 bridgehead atoms. The van der Waals surface area contributed by atoms with E-state index in [9.17, 15) is 4.79 Å². The average molecular weight is 417 g/mol. The number of aryl methyl sites for hydroxylation is 1. The number of amides is 1. The molecule has 1 unspecified atom stereocenters. The van der Waals surface area contributed by atoms with E-state index in [1.165, 1.54) is 17.5 Å². The summed E-state index contributed by atoms with van der Waals surface area (Å²) in [6, 6.07) is 8.04. The summed E-state index contributed by atoms with van der Waals surface area (Å²) in [6.45, 7) is 11.5. The van der Waals surface area contributed by atoms with Crippen molar-refractivity contribution >= 4 is 39.2 Å². The van der Waals surface area contributed by atoms with Crippen molar-refractivity contribution in [1.29, 1.82) is 0 Å². The fourth-order valence-electron chi connectivity index (χ4n) is 2.99. The van der Waals surface area contributed by atoms with Gasteiger partial charge in [-0.15, -0.1) is 11.3 Å². The number of carbonyl (C=O) groups is 1. The number of nitrogens with zero attached hydrogens (tertiary/aromatic N) is 4. The number of carbonyl (C=O) groups excluding carboxylic acids is 1. The Morgan fingerprint density at radius 1 is 1.21 bits per heavy atom. The van der Waals surface area contributed by atoms with Gasteiger partial charge in [0.05, 0.1) is 27.7 Å². The van der Waals surface area contributed by atoms with Crippen molar-refractivity contribution in [3.05, 3.63) is 40.7 Å². The smallest absolute Gasteiger partial charge is 0.233 e. The number of fused-ring (bicyclic) bond motifs is 1. The van der Waals surface area contributed by atoms with Crippen LogP contribution in [0.25, 0.3) is 10.2 Å². The van der Waals surface area contributed by atoms with E-state index in [2.05, 4.69) is 36.4 Å². The first kappa shape index (κ1) is 20.9. The van der Waals surface area contributed by atoms with Crippen LogP contribution in [0, 0.1) is 19.8 Å². The number of hydrogen-bond donors (Lipinski definition) is 0. The maximum Gasteiger partial charge on any atom is 0.233 e. The Hall–Kier alpha value is -1.86. The second kappa shape index (κ2) is 8.66. The Morgan fingerprint density at radius 3 is 2.61 bits per heavy atom. The van der Waals surface area contributed by atoms with E-state index in [0.717, 1.165) is 32.6 Å². The van der Waals surface area contributed by atoms with Crippen molar-refractivity contribution in [1.82, 2.24) is 19.4 Å². The van der Waals surface area contributed by atoms with Gasteiger partial charge in [-0.1, -0.05) is 37.7 Å². The van der Waals surface area contributed by atoms with Crippen molar-refractivity contribution < 1.29 is 4.79 Å². The topological polar surface area (TPSA) is 51.0 Å². The lowest BCUT2D eigenvalue weighted by molar-refractivity contribution is -0.128. The molecule has 0 N–H and O–H groups in total. The summed E-state index contributed by atoms with van der Waals surface area (Å²) in [5.41, 5.74) is 3.21. The van der Waals surface area contributed by atoms with Crippen LogP contribution in [0.3, 0.4) is 0 Å². The first-order valence-electron chi connectivity index (χ1n) is 9.55. The van der Waals surface area contributed by atoms with Crippen LogP contribution < -0.4 is 0 Å². The number of thioether (sulfide) groups is 1. The van der Waals surface area contributed by atoms with Crippen LogP contribution in [0.2, 0.25) is 0 Å². The van der Waals surface area contributed by atoms with E-state index in [1.807, 2.05) is 39.1 Å². The highest BCUT2D eigenvalue weighted by Gasteiger charge is 2.22. The molecule has 0 radical (unpaired) electrons. The van der Waals surface area contributed by atoms with Crippen LogP contribution in [-0.2, 0) is 11.3 Å². The maximum absolute atomic E-state index is 12.8. The normalized spacial score (nSPS) is 12.7. The predicted molar refractivity (Wildman–Crippen MR) is 118 cm³/mol. The molecule has 0 fully saturated rings. The van der Waals surface area contributed by atoms with Crippen LogP contribution >= 0.6 is 23.1 Å². The number of imidazole rings is 1. The summed E-state index contributed by atoms with van der Waals surface area (Å²) in [7, 11) is 1.86. The van der Waals surface area contributed by atoms with Gasteiger partial charge in [-0.05, 0) is 38.8 Å². The molecule has 2 heterocycles. The molecular weight excluding hydrogens is 388 g/mol. The van der Waals surface area contributed by atoms with Gasteiger partial charge in [-0.25, -0.2) is 9.97 Å². The zero-order valence-corrected chi connectivity index (χ0v) is 19.0. The molecule has 1 aromatic carbocycles. The summed E-state index contributed by atoms with van der Waals surface area (Å²) in [4.78, 5) is 24.0. The predicted octanol–water partition coefficient (Wildman–Crippen LogP) is 5.08. The van der Waals surface area contributed by atoms with E-state index in [-0.39, 0.29) is 11.9 Å². The van der Waals surface area contributed by atoms with Crippen LogP contribution in [0.1, 0.15) is 43.2 Å². The highest BCUT2D eigenvalue weighted by atomic mass is 32.2. The van der Waals surface area contributed by atoms with Crippen molar-refractivity contribution in [2.75, 3.05) is 12.8 Å². The first-order valence-corrected chi connectivity index (χ1v) is 11.4. The summed E-state index contributed by atoms with van der Waals surface area (Å²) in [5, 5.41) is 1.90. The Bertz CT molecular complexity index is 943. The van der Waals surface area contributed by atoms with Gasteiger partial charge in [0.1, 0.15) is 5.01 Å². The highest BCUT2D eigenvalue weighted by Crippen LogP contribution is 2.30. The van der Waals surface area contributed by atoms with E-state index in [1.54, 1.807) is 16.2 Å². The molecule has 0 aliphatic carbocycles. The number of hydrogen-bond acceptors (Lipinski definition) is 5. The third kappa shape index (κ3) is 4.41. The van der Waals surface area contributed by atoms with Gasteiger partial charge < -0.3 is 9.47 Å². The van der Waals surface area contributed by atoms with Gasteiger partial charge in [0, 0.05) is 19.3 Å². The number of para-hydroxylation sites is 1. The molecule has 2 aromatic heterocycles. The fourth-order valence-corrected chi connectivity index (χ4v) is 5.08. The molecule has 0 aliphatic rings. The summed E-state index contributed by atoms with van der Waals surface area (Å²) in [6.07, 6.45) is 0. The minimum absolute atomic E-state index is 0.0515. The fraction of sp³-hybridized carbons (Fsp3) is 0.476. The lowest BCUT2D eigenvalue weighted by atomic mass is 10.2. The van der Waals surface area contributed by atoms with Gasteiger partial charge in [0.25, 0.3) is 0 Å². The zero-order valence-electron chi connectivity index (χ0n) is 17.4. The number of rotatable bonds is 7. The molecule has 1 atom stereocenters. The SMILES string of the molecule is Cc1nc(SCC(=O)N(C)C(C)c2nc3ccccc3s2)n(CC(C)C)c1C. The van der Waals surface area contributed by atoms with Crippen LogP contribution in [0.4, 0.5) is 0 Å². The van der Waals surface area contributed by atoms with E-state index in [4.69, 9.17) is 4.98 Å². The average Bonchev–Trinajstić information content (AvgIpc) is 3.21. The summed E-state index contributed by atoms with van der Waals surface area (Å²) < 4.78 is 3.38. The summed E-state index contributed by atoms with van der Waals surface area (Å²) in [5.74, 6) is 0.995. The monoisotopic (exact) mass is 416 g/mol. The van der Waals surface area contributed by atoms with Crippen molar-refractivity contribution in [2.45, 2.75) is 52.4 Å². The van der Waals surface area contributed by atoms with Crippen molar-refractivity contribution in [3.8, 4) is 0 Å². The Morgan fingerprint density at radius 2 is 1.93 bits per heavy atom.